The molecule has 0 radical (unpaired) electrons. The molecule has 2 aromatic rings. The summed E-state index contributed by atoms with van der Waals surface area (Å²) in [7, 11) is 0. The quantitative estimate of drug-likeness (QED) is 0.913. The molecule has 0 unspecified atom stereocenters. The first-order valence-electron chi connectivity index (χ1n) is 8.09. The van der Waals surface area contributed by atoms with E-state index in [4.69, 9.17) is 0 Å². The van der Waals surface area contributed by atoms with Crippen LogP contribution in [-0.4, -0.2) is 32.7 Å². The molecule has 0 saturated heterocycles. The van der Waals surface area contributed by atoms with Gasteiger partial charge in [-0.25, -0.2) is 0 Å². The third kappa shape index (κ3) is 3.93. The van der Waals surface area contributed by atoms with Crippen molar-refractivity contribution in [1.29, 1.82) is 0 Å². The minimum Gasteiger partial charge on any atom is -0.326 e. The molecule has 0 fully saturated rings. The first-order chi connectivity index (χ1) is 11.3. The lowest BCUT2D eigenvalue weighted by molar-refractivity contribution is -0.115. The molecule has 1 aliphatic rings. The van der Waals surface area contributed by atoms with Gasteiger partial charge >= 0.3 is 0 Å². The molecule has 1 aliphatic heterocycles. The highest BCUT2D eigenvalue weighted by Gasteiger charge is 2.15. The summed E-state index contributed by atoms with van der Waals surface area (Å²) in [5.41, 5.74) is 1.88. The van der Waals surface area contributed by atoms with E-state index in [2.05, 4.69) is 20.1 Å². The molecule has 0 bridgehead atoms. The van der Waals surface area contributed by atoms with Gasteiger partial charge in [-0.3, -0.25) is 4.79 Å². The van der Waals surface area contributed by atoms with Gasteiger partial charge in [-0.2, -0.15) is 11.8 Å². The molecule has 0 spiro atoms. The smallest absolute Gasteiger partial charge is 0.225 e. The standard InChI is InChI=1S/C17H22N4OS/c1-23-12-10-16(22)18-14-8-6-13(7-9-14)17-20-19-15-5-3-2-4-11-21(15)17/h6-9H,2-5,10-12H2,1H3,(H,18,22). The lowest BCUT2D eigenvalue weighted by Gasteiger charge is -2.08. The van der Waals surface area contributed by atoms with E-state index >= 15 is 0 Å². The summed E-state index contributed by atoms with van der Waals surface area (Å²) in [6.07, 6.45) is 7.19. The van der Waals surface area contributed by atoms with Crippen LogP contribution in [0.5, 0.6) is 0 Å². The van der Waals surface area contributed by atoms with E-state index < -0.39 is 0 Å². The van der Waals surface area contributed by atoms with Crippen LogP contribution >= 0.6 is 11.8 Å². The predicted molar refractivity (Wildman–Crippen MR) is 94.6 cm³/mol. The number of aromatic nitrogens is 3. The van der Waals surface area contributed by atoms with E-state index in [9.17, 15) is 4.79 Å². The number of thioether (sulfide) groups is 1. The first-order valence-corrected chi connectivity index (χ1v) is 9.48. The number of hydrogen-bond acceptors (Lipinski definition) is 4. The van der Waals surface area contributed by atoms with E-state index in [1.165, 1.54) is 19.3 Å². The SMILES string of the molecule is CSCCC(=O)Nc1ccc(-c2nnc3n2CCCCC3)cc1. The van der Waals surface area contributed by atoms with Crippen molar-refractivity contribution in [3.05, 3.63) is 30.1 Å². The van der Waals surface area contributed by atoms with Crippen LogP contribution in [0.15, 0.2) is 24.3 Å². The molecule has 1 aromatic heterocycles. The number of aryl methyl sites for hydroxylation is 1. The van der Waals surface area contributed by atoms with Crippen molar-refractivity contribution in [2.45, 2.75) is 38.6 Å². The maximum Gasteiger partial charge on any atom is 0.225 e. The van der Waals surface area contributed by atoms with Crippen LogP contribution < -0.4 is 5.32 Å². The monoisotopic (exact) mass is 330 g/mol. The first kappa shape index (κ1) is 16.1. The molecule has 1 N–H and O–H groups in total. The van der Waals surface area contributed by atoms with Gasteiger partial charge in [0.2, 0.25) is 5.91 Å². The minimum absolute atomic E-state index is 0.0587. The van der Waals surface area contributed by atoms with Crippen LogP contribution in [0.4, 0.5) is 5.69 Å². The minimum atomic E-state index is 0.0587. The fourth-order valence-electron chi connectivity index (χ4n) is 2.82. The Morgan fingerprint density at radius 3 is 2.83 bits per heavy atom. The summed E-state index contributed by atoms with van der Waals surface area (Å²) in [5.74, 6) is 2.92. The third-order valence-electron chi connectivity index (χ3n) is 4.07. The second-order valence-electron chi connectivity index (χ2n) is 5.77. The number of hydrogen-bond donors (Lipinski definition) is 1. The van der Waals surface area contributed by atoms with Gasteiger partial charge in [0, 0.05) is 36.4 Å². The van der Waals surface area contributed by atoms with E-state index in [1.807, 2.05) is 30.5 Å². The summed E-state index contributed by atoms with van der Waals surface area (Å²) in [6, 6.07) is 7.88. The highest BCUT2D eigenvalue weighted by atomic mass is 32.2. The molecule has 6 heteroatoms. The molecule has 0 atom stereocenters. The zero-order valence-corrected chi connectivity index (χ0v) is 14.2. The average Bonchev–Trinajstić information content (AvgIpc) is 2.82. The van der Waals surface area contributed by atoms with Crippen molar-refractivity contribution >= 4 is 23.4 Å². The van der Waals surface area contributed by atoms with E-state index in [1.54, 1.807) is 11.8 Å². The molecule has 122 valence electrons. The Morgan fingerprint density at radius 2 is 2.04 bits per heavy atom. The van der Waals surface area contributed by atoms with Gasteiger partial charge in [0.25, 0.3) is 0 Å². The van der Waals surface area contributed by atoms with Gasteiger partial charge in [-0.1, -0.05) is 6.42 Å². The van der Waals surface area contributed by atoms with E-state index in [0.717, 1.165) is 41.6 Å². The molecule has 23 heavy (non-hydrogen) atoms. The van der Waals surface area contributed by atoms with Crippen molar-refractivity contribution in [2.24, 2.45) is 0 Å². The number of fused-ring (bicyclic) bond motifs is 1. The van der Waals surface area contributed by atoms with E-state index in [-0.39, 0.29) is 5.91 Å². The molecular formula is C17H22N4OS. The van der Waals surface area contributed by atoms with Gasteiger partial charge in [0.15, 0.2) is 5.82 Å². The zero-order chi connectivity index (χ0) is 16.1. The molecule has 0 saturated carbocycles. The van der Waals surface area contributed by atoms with Crippen LogP contribution in [0.1, 0.15) is 31.5 Å². The zero-order valence-electron chi connectivity index (χ0n) is 13.4. The number of amides is 1. The second kappa shape index (κ2) is 7.64. The lowest BCUT2D eigenvalue weighted by Crippen LogP contribution is -2.12. The molecule has 5 nitrogen and oxygen atoms in total. The Hall–Kier alpha value is -1.82. The van der Waals surface area contributed by atoms with Gasteiger partial charge in [0.1, 0.15) is 5.82 Å². The number of anilines is 1. The Morgan fingerprint density at radius 1 is 1.22 bits per heavy atom. The Balaban J connectivity index is 1.72. The topological polar surface area (TPSA) is 59.8 Å². The fraction of sp³-hybridized carbons (Fsp3) is 0.471. The molecule has 2 heterocycles. The van der Waals surface area contributed by atoms with Crippen molar-refractivity contribution in [1.82, 2.24) is 14.8 Å². The van der Waals surface area contributed by atoms with Crippen LogP contribution in [0.25, 0.3) is 11.4 Å². The summed E-state index contributed by atoms with van der Waals surface area (Å²) >= 11 is 1.68. The fourth-order valence-corrected chi connectivity index (χ4v) is 3.21. The number of rotatable bonds is 5. The predicted octanol–water partition coefficient (Wildman–Crippen LogP) is 3.36. The van der Waals surface area contributed by atoms with Crippen molar-refractivity contribution in [3.8, 4) is 11.4 Å². The molecule has 0 aliphatic carbocycles. The summed E-state index contributed by atoms with van der Waals surface area (Å²) < 4.78 is 2.24. The van der Waals surface area contributed by atoms with Gasteiger partial charge in [-0.15, -0.1) is 10.2 Å². The molecular weight excluding hydrogens is 308 g/mol. The highest BCUT2D eigenvalue weighted by Crippen LogP contribution is 2.24. The third-order valence-corrected chi connectivity index (χ3v) is 4.68. The maximum absolute atomic E-state index is 11.8. The van der Waals surface area contributed by atoms with Crippen molar-refractivity contribution in [3.63, 3.8) is 0 Å². The summed E-state index contributed by atoms with van der Waals surface area (Å²) in [5, 5.41) is 11.6. The Kier molecular flexibility index (Phi) is 5.33. The van der Waals surface area contributed by atoms with Crippen LogP contribution in [0.3, 0.4) is 0 Å². The number of carbonyl (C=O) groups is 1. The number of nitrogens with one attached hydrogen (secondary N) is 1. The summed E-state index contributed by atoms with van der Waals surface area (Å²) in [6.45, 7) is 0.991. The molecule has 1 amide bonds. The van der Waals surface area contributed by atoms with Gasteiger partial charge < -0.3 is 9.88 Å². The normalized spacial score (nSPS) is 14.1. The van der Waals surface area contributed by atoms with E-state index in [0.29, 0.717) is 6.42 Å². The molecule has 1 aromatic carbocycles. The second-order valence-corrected chi connectivity index (χ2v) is 6.76. The lowest BCUT2D eigenvalue weighted by atomic mass is 10.2. The van der Waals surface area contributed by atoms with Crippen LogP contribution in [0.2, 0.25) is 0 Å². The van der Waals surface area contributed by atoms with Crippen molar-refractivity contribution in [2.75, 3.05) is 17.3 Å². The Bertz CT molecular complexity index is 666. The number of nitrogens with zero attached hydrogens (tertiary/aromatic N) is 3. The largest absolute Gasteiger partial charge is 0.326 e. The maximum atomic E-state index is 11.8. The summed E-state index contributed by atoms with van der Waals surface area (Å²) in [4.78, 5) is 11.8. The Labute approximate surface area is 140 Å². The number of carbonyl (C=O) groups excluding carboxylic acids is 1. The van der Waals surface area contributed by atoms with Gasteiger partial charge in [-0.05, 0) is 43.4 Å². The average molecular weight is 330 g/mol. The van der Waals surface area contributed by atoms with Gasteiger partial charge in [0.05, 0.1) is 0 Å². The van der Waals surface area contributed by atoms with Crippen molar-refractivity contribution < 1.29 is 4.79 Å². The highest BCUT2D eigenvalue weighted by molar-refractivity contribution is 7.98. The molecule has 3 rings (SSSR count). The number of benzene rings is 1. The van der Waals surface area contributed by atoms with Crippen LogP contribution in [-0.2, 0) is 17.8 Å². The van der Waals surface area contributed by atoms with Crippen LogP contribution in [0, 0.1) is 0 Å².